The van der Waals surface area contributed by atoms with Gasteiger partial charge in [0.2, 0.25) is 5.91 Å². The molecule has 1 saturated carbocycles. The number of rotatable bonds is 7. The summed E-state index contributed by atoms with van der Waals surface area (Å²) in [7, 11) is 3.41. The highest BCUT2D eigenvalue weighted by atomic mass is 16.2. The summed E-state index contributed by atoms with van der Waals surface area (Å²) in [5.74, 6) is -0.0840. The lowest BCUT2D eigenvalue weighted by Gasteiger charge is -2.28. The maximum Gasteiger partial charge on any atom is 0.270 e. The van der Waals surface area contributed by atoms with E-state index in [4.69, 9.17) is 5.73 Å². The van der Waals surface area contributed by atoms with Crippen LogP contribution in [0.2, 0.25) is 0 Å². The zero-order valence-electron chi connectivity index (χ0n) is 20.3. The van der Waals surface area contributed by atoms with Gasteiger partial charge in [-0.1, -0.05) is 32.1 Å². The molecule has 9 heteroatoms. The largest absolute Gasteiger partial charge is 0.404 e. The number of aryl methyl sites for hydroxylation is 1. The van der Waals surface area contributed by atoms with E-state index >= 15 is 0 Å². The maximum absolute atomic E-state index is 13.4. The topological polar surface area (TPSA) is 127 Å². The van der Waals surface area contributed by atoms with Gasteiger partial charge in [-0.2, -0.15) is 5.10 Å². The molecule has 182 valence electrons. The lowest BCUT2D eigenvalue weighted by Crippen LogP contribution is -2.49. The van der Waals surface area contributed by atoms with E-state index in [-0.39, 0.29) is 17.7 Å². The second kappa shape index (κ2) is 12.1. The van der Waals surface area contributed by atoms with Crippen LogP contribution in [0.4, 0.5) is 5.82 Å². The number of pyridine rings is 1. The Morgan fingerprint density at radius 2 is 1.88 bits per heavy atom. The van der Waals surface area contributed by atoms with Gasteiger partial charge in [0, 0.05) is 32.1 Å². The molecule has 4 N–H and O–H groups in total. The number of hydrogen-bond acceptors (Lipinski definition) is 6. The van der Waals surface area contributed by atoms with Gasteiger partial charge in [0.1, 0.15) is 17.6 Å². The number of carbonyl (C=O) groups is 2. The highest BCUT2D eigenvalue weighted by Gasteiger charge is 2.31. The van der Waals surface area contributed by atoms with Gasteiger partial charge < -0.3 is 16.4 Å². The Bertz CT molecular complexity index is 1030. The Kier molecular flexibility index (Phi) is 8.95. The van der Waals surface area contributed by atoms with Gasteiger partial charge >= 0.3 is 0 Å². The molecule has 0 radical (unpaired) electrons. The zero-order chi connectivity index (χ0) is 24.5. The fourth-order valence-corrected chi connectivity index (χ4v) is 4.45. The predicted octanol–water partition coefficient (Wildman–Crippen LogP) is 3.19. The monoisotopic (exact) mass is 465 g/mol. The molecular formula is C25H35N7O2. The van der Waals surface area contributed by atoms with Crippen molar-refractivity contribution in [3.05, 3.63) is 53.6 Å². The molecule has 0 bridgehead atoms. The smallest absolute Gasteiger partial charge is 0.270 e. The molecule has 1 atom stereocenters. The van der Waals surface area contributed by atoms with E-state index in [0.29, 0.717) is 11.5 Å². The second-order valence-corrected chi connectivity index (χ2v) is 8.74. The molecule has 2 aromatic rings. The van der Waals surface area contributed by atoms with Crippen LogP contribution in [0.15, 0.2) is 47.4 Å². The third-order valence-electron chi connectivity index (χ3n) is 6.38. The number of amides is 2. The van der Waals surface area contributed by atoms with Gasteiger partial charge in [0.05, 0.1) is 5.71 Å². The Labute approximate surface area is 200 Å². The molecule has 1 unspecified atom stereocenters. The lowest BCUT2D eigenvalue weighted by molar-refractivity contribution is -0.119. The number of aromatic nitrogens is 3. The quantitative estimate of drug-likeness (QED) is 0.541. The normalized spacial score (nSPS) is 16.9. The van der Waals surface area contributed by atoms with E-state index in [0.717, 1.165) is 55.4 Å². The first kappa shape index (κ1) is 25.1. The van der Waals surface area contributed by atoms with Crippen molar-refractivity contribution in [2.75, 3.05) is 12.4 Å². The average Bonchev–Trinajstić information content (AvgIpc) is 3.25. The van der Waals surface area contributed by atoms with E-state index in [1.807, 2.05) is 13.0 Å². The van der Waals surface area contributed by atoms with Crippen LogP contribution in [-0.2, 0) is 11.8 Å². The summed E-state index contributed by atoms with van der Waals surface area (Å²) in [6.45, 7) is 1.88. The van der Waals surface area contributed by atoms with Crippen LogP contribution in [0.3, 0.4) is 0 Å². The first-order valence-corrected chi connectivity index (χ1v) is 11.9. The van der Waals surface area contributed by atoms with Crippen LogP contribution in [0.1, 0.15) is 67.9 Å². The highest BCUT2D eigenvalue weighted by Crippen LogP contribution is 2.26. The molecule has 0 saturated heterocycles. The molecule has 34 heavy (non-hydrogen) atoms. The van der Waals surface area contributed by atoms with Crippen molar-refractivity contribution in [2.24, 2.45) is 23.7 Å². The van der Waals surface area contributed by atoms with Crippen LogP contribution in [0.5, 0.6) is 0 Å². The average molecular weight is 466 g/mol. The lowest BCUT2D eigenvalue weighted by atomic mass is 9.85. The second-order valence-electron chi connectivity index (χ2n) is 8.74. The number of nitrogens with one attached hydrogen (secondary N) is 2. The molecule has 0 spiro atoms. The summed E-state index contributed by atoms with van der Waals surface area (Å²) in [4.78, 5) is 35.0. The number of nitrogens with zero attached hydrogens (tertiary/aromatic N) is 4. The summed E-state index contributed by atoms with van der Waals surface area (Å²) < 4.78 is 1.51. The molecule has 3 rings (SSSR count). The molecular weight excluding hydrogens is 430 g/mol. The van der Waals surface area contributed by atoms with Crippen molar-refractivity contribution in [1.29, 1.82) is 0 Å². The molecule has 1 fully saturated rings. The minimum Gasteiger partial charge on any atom is -0.404 e. The minimum absolute atomic E-state index is 0.0629. The Morgan fingerprint density at radius 3 is 2.44 bits per heavy atom. The third kappa shape index (κ3) is 6.30. The number of hydrogen-bond donors (Lipinski definition) is 3. The standard InChI is InChI=1S/C25H35N7O2/c1-17(15-26)22(27-2)19-11-12-21(28-16-19)30-25(34)23(18-9-7-5-4-6-8-10-18)31-24(33)20-13-14-29-32(20)3/h11-16,18,23H,4-10,26H2,1-3H3,(H,31,33)(H,28,30,34). The van der Waals surface area contributed by atoms with Crippen molar-refractivity contribution in [3.63, 3.8) is 0 Å². The summed E-state index contributed by atoms with van der Waals surface area (Å²) >= 11 is 0. The Hall–Kier alpha value is -3.49. The first-order chi connectivity index (χ1) is 16.4. The molecule has 1 aliphatic rings. The maximum atomic E-state index is 13.4. The summed E-state index contributed by atoms with van der Waals surface area (Å²) in [5.41, 5.74) is 8.43. The van der Waals surface area contributed by atoms with E-state index < -0.39 is 6.04 Å². The molecule has 0 aromatic carbocycles. The van der Waals surface area contributed by atoms with Crippen molar-refractivity contribution >= 4 is 23.3 Å². The Balaban J connectivity index is 1.78. The van der Waals surface area contributed by atoms with Gasteiger partial charge in [-0.25, -0.2) is 4.98 Å². The number of carbonyl (C=O) groups excluding carboxylic acids is 2. The van der Waals surface area contributed by atoms with Crippen LogP contribution < -0.4 is 16.4 Å². The molecule has 0 aliphatic heterocycles. The Morgan fingerprint density at radius 1 is 1.18 bits per heavy atom. The van der Waals surface area contributed by atoms with Crippen molar-refractivity contribution in [3.8, 4) is 0 Å². The molecule has 9 nitrogen and oxygen atoms in total. The molecule has 2 amide bonds. The predicted molar refractivity (Wildman–Crippen MR) is 134 cm³/mol. The number of allylic oxidation sites excluding steroid dienone is 1. The fraction of sp³-hybridized carbons (Fsp3) is 0.480. The van der Waals surface area contributed by atoms with Gasteiger partial charge in [0.15, 0.2) is 0 Å². The minimum atomic E-state index is -0.655. The van der Waals surface area contributed by atoms with Crippen molar-refractivity contribution < 1.29 is 9.59 Å². The van der Waals surface area contributed by atoms with Gasteiger partial charge in [-0.3, -0.25) is 19.3 Å². The highest BCUT2D eigenvalue weighted by molar-refractivity contribution is 6.12. The number of nitrogens with two attached hydrogens (primary N) is 1. The summed E-state index contributed by atoms with van der Waals surface area (Å²) in [6.07, 6.45) is 12.2. The van der Waals surface area contributed by atoms with Crippen molar-refractivity contribution in [2.45, 2.75) is 57.9 Å². The van der Waals surface area contributed by atoms with E-state index in [2.05, 4.69) is 25.7 Å². The fourth-order valence-electron chi connectivity index (χ4n) is 4.45. The number of aliphatic imine (C=N–C) groups is 1. The van der Waals surface area contributed by atoms with Gasteiger partial charge in [-0.05, 0) is 55.7 Å². The SMILES string of the molecule is CN=C(C(C)=CN)c1ccc(NC(=O)C(NC(=O)c2ccnn2C)C2CCCCCCC2)nc1. The van der Waals surface area contributed by atoms with Crippen LogP contribution in [-0.4, -0.2) is 45.4 Å². The van der Waals surface area contributed by atoms with E-state index in [9.17, 15) is 9.59 Å². The van der Waals surface area contributed by atoms with Crippen molar-refractivity contribution in [1.82, 2.24) is 20.1 Å². The summed E-state index contributed by atoms with van der Waals surface area (Å²) in [6, 6.07) is 4.57. The van der Waals surface area contributed by atoms with Crippen LogP contribution in [0.25, 0.3) is 0 Å². The zero-order valence-corrected chi connectivity index (χ0v) is 20.3. The molecule has 2 aromatic heterocycles. The third-order valence-corrected chi connectivity index (χ3v) is 6.38. The molecule has 1 aliphatic carbocycles. The van der Waals surface area contributed by atoms with Crippen LogP contribution in [0, 0.1) is 5.92 Å². The van der Waals surface area contributed by atoms with Gasteiger partial charge in [0.25, 0.3) is 5.91 Å². The van der Waals surface area contributed by atoms with E-state index in [1.54, 1.807) is 38.6 Å². The van der Waals surface area contributed by atoms with Crippen LogP contribution >= 0.6 is 0 Å². The molecule has 2 heterocycles. The summed E-state index contributed by atoms with van der Waals surface area (Å²) in [5, 5.41) is 9.95. The van der Waals surface area contributed by atoms with E-state index in [1.165, 1.54) is 17.3 Å². The number of anilines is 1. The first-order valence-electron chi connectivity index (χ1n) is 11.9. The van der Waals surface area contributed by atoms with Gasteiger partial charge in [-0.15, -0.1) is 0 Å².